The molecule has 106 valence electrons. The first-order valence-corrected chi connectivity index (χ1v) is 7.53. The minimum absolute atomic E-state index is 0.630. The van der Waals surface area contributed by atoms with E-state index >= 15 is 0 Å². The monoisotopic (exact) mass is 342 g/mol. The number of nitrogens with one attached hydrogen (secondary N) is 1. The lowest BCUT2D eigenvalue weighted by Crippen LogP contribution is -2.07. The number of aromatic nitrogens is 1. The first-order chi connectivity index (χ1) is 10.3. The van der Waals surface area contributed by atoms with Gasteiger partial charge in [0, 0.05) is 11.9 Å². The average molecular weight is 343 g/mol. The van der Waals surface area contributed by atoms with Crippen LogP contribution < -0.4 is 10.1 Å². The summed E-state index contributed by atoms with van der Waals surface area (Å²) in [6, 6.07) is 18.0. The summed E-state index contributed by atoms with van der Waals surface area (Å²) >= 11 is 3.50. The lowest BCUT2D eigenvalue weighted by molar-refractivity contribution is 0.463. The average Bonchev–Trinajstić information content (AvgIpc) is 2.50. The summed E-state index contributed by atoms with van der Waals surface area (Å²) < 4.78 is 6.94. The van der Waals surface area contributed by atoms with Crippen LogP contribution in [0.2, 0.25) is 0 Å². The van der Waals surface area contributed by atoms with Gasteiger partial charge in [-0.3, -0.25) is 0 Å². The van der Waals surface area contributed by atoms with Crippen molar-refractivity contribution in [1.82, 2.24) is 10.3 Å². The maximum absolute atomic E-state index is 6.02. The standard InChI is InChI=1S/C17H15BrN2O/c1-19-11-13-10-12-6-2-3-7-14(12)17(20-13)21-16-9-5-4-8-15(16)18/h2-10,19H,11H2,1H3. The Hall–Kier alpha value is -1.91. The number of pyridine rings is 1. The van der Waals surface area contributed by atoms with Crippen LogP contribution in [0.4, 0.5) is 0 Å². The molecular formula is C17H15BrN2O. The van der Waals surface area contributed by atoms with E-state index in [1.807, 2.05) is 49.5 Å². The molecule has 0 spiro atoms. The van der Waals surface area contributed by atoms with Crippen molar-refractivity contribution < 1.29 is 4.74 Å². The molecule has 0 aliphatic carbocycles. The second kappa shape index (κ2) is 6.24. The van der Waals surface area contributed by atoms with E-state index in [0.29, 0.717) is 12.4 Å². The van der Waals surface area contributed by atoms with Crippen molar-refractivity contribution >= 4 is 26.7 Å². The molecule has 1 aromatic heterocycles. The number of hydrogen-bond acceptors (Lipinski definition) is 3. The Morgan fingerprint density at radius 1 is 1.10 bits per heavy atom. The molecule has 0 radical (unpaired) electrons. The SMILES string of the molecule is CNCc1cc2ccccc2c(Oc2ccccc2Br)n1. The fraction of sp³-hybridized carbons (Fsp3) is 0.118. The molecular weight excluding hydrogens is 328 g/mol. The number of nitrogens with zero attached hydrogens (tertiary/aromatic N) is 1. The van der Waals surface area contributed by atoms with Crippen molar-refractivity contribution in [2.24, 2.45) is 0 Å². The summed E-state index contributed by atoms with van der Waals surface area (Å²) in [5.74, 6) is 1.39. The van der Waals surface area contributed by atoms with Crippen molar-refractivity contribution in [3.63, 3.8) is 0 Å². The molecule has 0 amide bonds. The summed E-state index contributed by atoms with van der Waals surface area (Å²) in [5.41, 5.74) is 0.957. The zero-order chi connectivity index (χ0) is 14.7. The van der Waals surface area contributed by atoms with Crippen molar-refractivity contribution in [3.8, 4) is 11.6 Å². The van der Waals surface area contributed by atoms with Gasteiger partial charge in [0.05, 0.1) is 10.2 Å². The van der Waals surface area contributed by atoms with Crippen LogP contribution in [0.5, 0.6) is 11.6 Å². The van der Waals surface area contributed by atoms with Gasteiger partial charge in [-0.05, 0) is 52.6 Å². The van der Waals surface area contributed by atoms with Gasteiger partial charge in [0.2, 0.25) is 5.88 Å². The first-order valence-electron chi connectivity index (χ1n) is 6.73. The summed E-state index contributed by atoms with van der Waals surface area (Å²) in [4.78, 5) is 4.62. The molecule has 2 aromatic carbocycles. The maximum Gasteiger partial charge on any atom is 0.227 e. The highest BCUT2D eigenvalue weighted by Crippen LogP contribution is 2.32. The summed E-state index contributed by atoms with van der Waals surface area (Å²) in [5, 5.41) is 5.26. The van der Waals surface area contributed by atoms with Gasteiger partial charge < -0.3 is 10.1 Å². The van der Waals surface area contributed by atoms with Crippen molar-refractivity contribution in [3.05, 3.63) is 64.8 Å². The number of benzene rings is 2. The topological polar surface area (TPSA) is 34.1 Å². The summed E-state index contributed by atoms with van der Waals surface area (Å²) in [6.07, 6.45) is 0. The lowest BCUT2D eigenvalue weighted by Gasteiger charge is -2.11. The van der Waals surface area contributed by atoms with Crippen molar-refractivity contribution in [2.75, 3.05) is 7.05 Å². The molecule has 3 rings (SSSR count). The van der Waals surface area contributed by atoms with Gasteiger partial charge in [0.15, 0.2) is 0 Å². The number of hydrogen-bond donors (Lipinski definition) is 1. The Kier molecular flexibility index (Phi) is 4.18. The van der Waals surface area contributed by atoms with Gasteiger partial charge in [-0.1, -0.05) is 30.3 Å². The summed E-state index contributed by atoms with van der Waals surface area (Å²) in [6.45, 7) is 0.706. The fourth-order valence-electron chi connectivity index (χ4n) is 2.20. The summed E-state index contributed by atoms with van der Waals surface area (Å²) in [7, 11) is 1.91. The van der Waals surface area contributed by atoms with E-state index < -0.39 is 0 Å². The number of para-hydroxylation sites is 1. The maximum atomic E-state index is 6.02. The van der Waals surface area contributed by atoms with Gasteiger partial charge in [0.25, 0.3) is 0 Å². The van der Waals surface area contributed by atoms with Crippen LogP contribution >= 0.6 is 15.9 Å². The predicted octanol–water partition coefficient (Wildman–Crippen LogP) is 4.51. The zero-order valence-electron chi connectivity index (χ0n) is 11.6. The quantitative estimate of drug-likeness (QED) is 0.757. The van der Waals surface area contributed by atoms with Gasteiger partial charge in [-0.15, -0.1) is 0 Å². The second-order valence-corrected chi connectivity index (χ2v) is 5.56. The highest BCUT2D eigenvalue weighted by atomic mass is 79.9. The highest BCUT2D eigenvalue weighted by Gasteiger charge is 2.09. The molecule has 0 fully saturated rings. The van der Waals surface area contributed by atoms with Gasteiger partial charge in [-0.25, -0.2) is 4.98 Å². The van der Waals surface area contributed by atoms with Crippen LogP contribution in [-0.2, 0) is 6.54 Å². The Balaban J connectivity index is 2.09. The van der Waals surface area contributed by atoms with Gasteiger partial charge in [0.1, 0.15) is 5.75 Å². The number of halogens is 1. The van der Waals surface area contributed by atoms with Gasteiger partial charge in [-0.2, -0.15) is 0 Å². The molecule has 0 aliphatic heterocycles. The van der Waals surface area contributed by atoms with Crippen LogP contribution in [0.15, 0.2) is 59.1 Å². The van der Waals surface area contributed by atoms with E-state index in [9.17, 15) is 0 Å². The fourth-order valence-corrected chi connectivity index (χ4v) is 2.57. The smallest absolute Gasteiger partial charge is 0.227 e. The van der Waals surface area contributed by atoms with Gasteiger partial charge >= 0.3 is 0 Å². The minimum Gasteiger partial charge on any atom is -0.437 e. The largest absolute Gasteiger partial charge is 0.437 e. The molecule has 0 aliphatic rings. The molecule has 1 N–H and O–H groups in total. The van der Waals surface area contributed by atoms with E-state index in [-0.39, 0.29) is 0 Å². The molecule has 1 heterocycles. The minimum atomic E-state index is 0.630. The molecule has 0 bridgehead atoms. The number of ether oxygens (including phenoxy) is 1. The lowest BCUT2D eigenvalue weighted by atomic mass is 10.1. The predicted molar refractivity (Wildman–Crippen MR) is 88.7 cm³/mol. The van der Waals surface area contributed by atoms with E-state index in [2.05, 4.69) is 38.4 Å². The van der Waals surface area contributed by atoms with Crippen molar-refractivity contribution in [1.29, 1.82) is 0 Å². The molecule has 3 nitrogen and oxygen atoms in total. The number of rotatable bonds is 4. The third-order valence-electron chi connectivity index (χ3n) is 3.16. The van der Waals surface area contributed by atoms with E-state index in [1.54, 1.807) is 0 Å². The molecule has 0 unspecified atom stereocenters. The molecule has 0 atom stereocenters. The normalized spacial score (nSPS) is 10.8. The first kappa shape index (κ1) is 14.0. The van der Waals surface area contributed by atoms with E-state index in [1.165, 1.54) is 0 Å². The highest BCUT2D eigenvalue weighted by molar-refractivity contribution is 9.10. The van der Waals surface area contributed by atoms with Crippen LogP contribution in [0.1, 0.15) is 5.69 Å². The van der Waals surface area contributed by atoms with Crippen LogP contribution in [-0.4, -0.2) is 12.0 Å². The van der Waals surface area contributed by atoms with Crippen LogP contribution in [0.25, 0.3) is 10.8 Å². The molecule has 0 saturated heterocycles. The molecule has 4 heteroatoms. The zero-order valence-corrected chi connectivity index (χ0v) is 13.2. The molecule has 0 saturated carbocycles. The van der Waals surface area contributed by atoms with Crippen LogP contribution in [0, 0.1) is 0 Å². The third kappa shape index (κ3) is 3.06. The molecule has 3 aromatic rings. The van der Waals surface area contributed by atoms with E-state index in [0.717, 1.165) is 26.7 Å². The van der Waals surface area contributed by atoms with Crippen LogP contribution in [0.3, 0.4) is 0 Å². The van der Waals surface area contributed by atoms with Crippen molar-refractivity contribution in [2.45, 2.75) is 6.54 Å². The Bertz CT molecular complexity index is 774. The second-order valence-electron chi connectivity index (χ2n) is 4.70. The Morgan fingerprint density at radius 2 is 1.86 bits per heavy atom. The Morgan fingerprint density at radius 3 is 2.67 bits per heavy atom. The number of fused-ring (bicyclic) bond motifs is 1. The Labute approximate surface area is 132 Å². The van der Waals surface area contributed by atoms with E-state index in [4.69, 9.17) is 4.74 Å². The molecule has 21 heavy (non-hydrogen) atoms. The third-order valence-corrected chi connectivity index (χ3v) is 3.81.